The van der Waals surface area contributed by atoms with Gasteiger partial charge < -0.3 is 14.6 Å². The first-order chi connectivity index (χ1) is 12.3. The molecule has 1 aromatic rings. The maximum atomic E-state index is 5.88. The van der Waals surface area contributed by atoms with Crippen molar-refractivity contribution in [1.82, 2.24) is 5.43 Å². The standard InChI is InChI=1S/C19H33N5O2/c1-7-13-26-22-15(3)19(4,5)23-21-18(8-2)25-14-16-11-9-10-12-17(16)24(6)20/h9-12,23H,7-8,13-14,20H2,1-6H3/b21-18+,22-15?. The van der Waals surface area contributed by atoms with Crippen LogP contribution in [0.5, 0.6) is 0 Å². The number of anilines is 1. The van der Waals surface area contributed by atoms with Crippen molar-refractivity contribution in [1.29, 1.82) is 0 Å². The molecule has 0 bridgehead atoms. The molecule has 0 aromatic heterocycles. The summed E-state index contributed by atoms with van der Waals surface area (Å²) in [4.78, 5) is 5.26. The third kappa shape index (κ3) is 6.92. The van der Waals surface area contributed by atoms with E-state index in [-0.39, 0.29) is 0 Å². The van der Waals surface area contributed by atoms with Crippen LogP contribution in [0.3, 0.4) is 0 Å². The van der Waals surface area contributed by atoms with E-state index in [1.54, 1.807) is 12.1 Å². The van der Waals surface area contributed by atoms with Crippen LogP contribution >= 0.6 is 0 Å². The van der Waals surface area contributed by atoms with Crippen molar-refractivity contribution < 1.29 is 9.57 Å². The summed E-state index contributed by atoms with van der Waals surface area (Å²) < 4.78 is 5.88. The summed E-state index contributed by atoms with van der Waals surface area (Å²) in [5.41, 5.74) is 5.44. The molecule has 0 amide bonds. The summed E-state index contributed by atoms with van der Waals surface area (Å²) in [6.45, 7) is 11.0. The molecule has 0 fully saturated rings. The quantitative estimate of drug-likeness (QED) is 0.219. The van der Waals surface area contributed by atoms with E-state index in [0.29, 0.717) is 25.5 Å². The summed E-state index contributed by atoms with van der Waals surface area (Å²) in [5, 5.41) is 10.1. The van der Waals surface area contributed by atoms with E-state index in [4.69, 9.17) is 15.4 Å². The Hall–Kier alpha value is -2.28. The van der Waals surface area contributed by atoms with Gasteiger partial charge in [0, 0.05) is 19.0 Å². The van der Waals surface area contributed by atoms with Crippen LogP contribution in [0, 0.1) is 0 Å². The molecule has 0 unspecified atom stereocenters. The number of nitrogens with zero attached hydrogens (tertiary/aromatic N) is 3. The van der Waals surface area contributed by atoms with Gasteiger partial charge >= 0.3 is 0 Å². The van der Waals surface area contributed by atoms with Gasteiger partial charge in [0.25, 0.3) is 0 Å². The number of hydrazone groups is 1. The van der Waals surface area contributed by atoms with E-state index in [0.717, 1.165) is 23.4 Å². The van der Waals surface area contributed by atoms with E-state index in [1.807, 2.05) is 58.9 Å². The lowest BCUT2D eigenvalue weighted by molar-refractivity contribution is 0.142. The number of nitrogens with one attached hydrogen (secondary N) is 1. The molecule has 1 aromatic carbocycles. The second kappa shape index (κ2) is 10.7. The molecule has 26 heavy (non-hydrogen) atoms. The molecule has 0 saturated heterocycles. The minimum atomic E-state index is -0.438. The van der Waals surface area contributed by atoms with E-state index >= 15 is 0 Å². The van der Waals surface area contributed by atoms with Gasteiger partial charge in [0.1, 0.15) is 13.2 Å². The molecule has 146 valence electrons. The molecule has 0 atom stereocenters. The highest BCUT2D eigenvalue weighted by Gasteiger charge is 2.22. The van der Waals surface area contributed by atoms with Crippen LogP contribution in [0.15, 0.2) is 34.5 Å². The zero-order chi connectivity index (χ0) is 19.6. The van der Waals surface area contributed by atoms with Crippen molar-refractivity contribution in [3.05, 3.63) is 29.8 Å². The minimum Gasteiger partial charge on any atom is -0.475 e. The van der Waals surface area contributed by atoms with Gasteiger partial charge in [-0.2, -0.15) is 0 Å². The molecule has 1 rings (SSSR count). The number of oxime groups is 1. The Morgan fingerprint density at radius 2 is 1.96 bits per heavy atom. The van der Waals surface area contributed by atoms with Gasteiger partial charge in [0.2, 0.25) is 5.90 Å². The van der Waals surface area contributed by atoms with Gasteiger partial charge in [-0.15, -0.1) is 5.10 Å². The van der Waals surface area contributed by atoms with Crippen molar-refractivity contribution in [3.8, 4) is 0 Å². The largest absolute Gasteiger partial charge is 0.475 e. The van der Waals surface area contributed by atoms with E-state index in [2.05, 4.69) is 15.7 Å². The first kappa shape index (κ1) is 21.8. The number of para-hydroxylation sites is 1. The summed E-state index contributed by atoms with van der Waals surface area (Å²) in [5.74, 6) is 6.48. The molecule has 0 spiro atoms. The second-order valence-electron chi connectivity index (χ2n) is 6.63. The Morgan fingerprint density at radius 3 is 2.58 bits per heavy atom. The van der Waals surface area contributed by atoms with Crippen molar-refractivity contribution in [2.45, 2.75) is 59.6 Å². The van der Waals surface area contributed by atoms with Crippen LogP contribution in [-0.2, 0) is 16.2 Å². The molecule has 0 aliphatic heterocycles. The van der Waals surface area contributed by atoms with Gasteiger partial charge in [0.05, 0.1) is 16.9 Å². The molecule has 7 heteroatoms. The summed E-state index contributed by atoms with van der Waals surface area (Å²) >= 11 is 0. The van der Waals surface area contributed by atoms with Gasteiger partial charge in [-0.05, 0) is 33.3 Å². The highest BCUT2D eigenvalue weighted by atomic mass is 16.6. The number of benzene rings is 1. The first-order valence-corrected chi connectivity index (χ1v) is 9.01. The van der Waals surface area contributed by atoms with Crippen molar-refractivity contribution in [2.24, 2.45) is 16.1 Å². The lowest BCUT2D eigenvalue weighted by Gasteiger charge is -2.24. The molecule has 0 heterocycles. The molecule has 0 radical (unpaired) electrons. The fourth-order valence-corrected chi connectivity index (χ4v) is 1.98. The molecule has 7 nitrogen and oxygen atoms in total. The first-order valence-electron chi connectivity index (χ1n) is 9.01. The smallest absolute Gasteiger partial charge is 0.205 e. The van der Waals surface area contributed by atoms with Crippen LogP contribution < -0.4 is 16.3 Å². The minimum absolute atomic E-state index is 0.402. The summed E-state index contributed by atoms with van der Waals surface area (Å²) in [6, 6.07) is 7.86. The van der Waals surface area contributed by atoms with Gasteiger partial charge in [-0.3, -0.25) is 5.43 Å². The van der Waals surface area contributed by atoms with Crippen LogP contribution in [0.4, 0.5) is 5.69 Å². The fraction of sp³-hybridized carbons (Fsp3) is 0.579. The average molecular weight is 364 g/mol. The zero-order valence-corrected chi connectivity index (χ0v) is 16.9. The van der Waals surface area contributed by atoms with Crippen molar-refractivity contribution >= 4 is 17.3 Å². The van der Waals surface area contributed by atoms with Crippen LogP contribution in [0.1, 0.15) is 53.0 Å². The maximum Gasteiger partial charge on any atom is 0.205 e. The Balaban J connectivity index is 2.72. The zero-order valence-electron chi connectivity index (χ0n) is 16.9. The predicted octanol–water partition coefficient (Wildman–Crippen LogP) is 3.41. The number of rotatable bonds is 10. The predicted molar refractivity (Wildman–Crippen MR) is 108 cm³/mol. The van der Waals surface area contributed by atoms with Gasteiger partial charge in [-0.1, -0.05) is 37.2 Å². The number of nitrogens with two attached hydrogens (primary N) is 1. The number of ether oxygens (including phenoxy) is 1. The third-order valence-electron chi connectivity index (χ3n) is 3.93. The third-order valence-corrected chi connectivity index (χ3v) is 3.93. The Kier molecular flexibility index (Phi) is 8.92. The van der Waals surface area contributed by atoms with Gasteiger partial charge in [-0.25, -0.2) is 5.84 Å². The SMILES string of the molecule is CCCON=C(C)C(C)(C)N/N=C(\CC)OCc1ccccc1N(C)N. The lowest BCUT2D eigenvalue weighted by Crippen LogP contribution is -2.43. The van der Waals surface area contributed by atoms with Crippen LogP contribution in [0.2, 0.25) is 0 Å². The average Bonchev–Trinajstić information content (AvgIpc) is 2.62. The summed E-state index contributed by atoms with van der Waals surface area (Å²) in [6.07, 6.45) is 1.60. The molecule has 3 N–H and O–H groups in total. The van der Waals surface area contributed by atoms with Crippen LogP contribution in [-0.4, -0.2) is 30.8 Å². The summed E-state index contributed by atoms with van der Waals surface area (Å²) in [7, 11) is 1.81. The Morgan fingerprint density at radius 1 is 1.27 bits per heavy atom. The monoisotopic (exact) mass is 363 g/mol. The van der Waals surface area contributed by atoms with Crippen molar-refractivity contribution in [3.63, 3.8) is 0 Å². The Bertz CT molecular complexity index is 612. The van der Waals surface area contributed by atoms with Crippen molar-refractivity contribution in [2.75, 3.05) is 18.7 Å². The molecule has 0 saturated carbocycles. The highest BCUT2D eigenvalue weighted by Crippen LogP contribution is 2.18. The number of hydrazine groups is 1. The topological polar surface area (TPSA) is 84.5 Å². The normalized spacial score (nSPS) is 12.7. The van der Waals surface area contributed by atoms with E-state index < -0.39 is 5.54 Å². The number of hydrogen-bond donors (Lipinski definition) is 2. The lowest BCUT2D eigenvalue weighted by atomic mass is 10.0. The van der Waals surface area contributed by atoms with Crippen LogP contribution in [0.25, 0.3) is 0 Å². The molecular formula is C19H33N5O2. The van der Waals surface area contributed by atoms with E-state index in [1.165, 1.54) is 0 Å². The Labute approximate surface area is 157 Å². The maximum absolute atomic E-state index is 5.88. The number of hydrogen-bond acceptors (Lipinski definition) is 7. The van der Waals surface area contributed by atoms with E-state index in [9.17, 15) is 0 Å². The molecule has 0 aliphatic carbocycles. The fourth-order valence-electron chi connectivity index (χ4n) is 1.98. The molecule has 0 aliphatic rings. The second-order valence-corrected chi connectivity index (χ2v) is 6.63. The highest BCUT2D eigenvalue weighted by molar-refractivity contribution is 5.90. The van der Waals surface area contributed by atoms with Gasteiger partial charge in [0.15, 0.2) is 0 Å². The molecular weight excluding hydrogens is 330 g/mol.